The van der Waals surface area contributed by atoms with Crippen molar-refractivity contribution in [1.82, 2.24) is 0 Å². The SMILES string of the molecule is Cc1ccc(S(=O)c2cc(C)ccc2Sc2cccc(C)c2)cc1. The molecule has 0 aliphatic rings. The molecule has 0 N–H and O–H groups in total. The van der Waals surface area contributed by atoms with Crippen molar-refractivity contribution < 1.29 is 4.21 Å². The van der Waals surface area contributed by atoms with E-state index in [2.05, 4.69) is 43.3 Å². The van der Waals surface area contributed by atoms with Crippen molar-refractivity contribution in [3.05, 3.63) is 83.4 Å². The Balaban J connectivity index is 1.99. The van der Waals surface area contributed by atoms with Crippen LogP contribution in [0.4, 0.5) is 0 Å². The van der Waals surface area contributed by atoms with Gasteiger partial charge in [-0.15, -0.1) is 0 Å². The first kappa shape index (κ1) is 17.0. The van der Waals surface area contributed by atoms with E-state index in [0.717, 1.165) is 20.2 Å². The van der Waals surface area contributed by atoms with E-state index in [1.807, 2.05) is 44.2 Å². The van der Waals surface area contributed by atoms with Gasteiger partial charge in [0, 0.05) is 14.7 Å². The highest BCUT2D eigenvalue weighted by Crippen LogP contribution is 2.34. The minimum Gasteiger partial charge on any atom is -0.249 e. The average Bonchev–Trinajstić information content (AvgIpc) is 2.57. The lowest BCUT2D eigenvalue weighted by Gasteiger charge is -2.11. The summed E-state index contributed by atoms with van der Waals surface area (Å²) in [5, 5.41) is 0. The summed E-state index contributed by atoms with van der Waals surface area (Å²) in [5.41, 5.74) is 3.53. The quantitative estimate of drug-likeness (QED) is 0.579. The standard InChI is InChI=1S/C21H20OS2/c1-15-7-10-19(11-8-15)24(22)21-14-17(3)9-12-20(21)23-18-6-4-5-16(2)13-18/h4-14H,1-3H3. The van der Waals surface area contributed by atoms with Crippen LogP contribution in [0.15, 0.2) is 86.3 Å². The highest BCUT2D eigenvalue weighted by atomic mass is 32.2. The van der Waals surface area contributed by atoms with Gasteiger partial charge in [0.15, 0.2) is 0 Å². The molecule has 1 nitrogen and oxygen atoms in total. The maximum Gasteiger partial charge on any atom is 0.0861 e. The normalized spacial score (nSPS) is 12.1. The van der Waals surface area contributed by atoms with Crippen LogP contribution in [0.1, 0.15) is 16.7 Å². The Morgan fingerprint density at radius 1 is 0.750 bits per heavy atom. The first-order valence-electron chi connectivity index (χ1n) is 7.86. The van der Waals surface area contributed by atoms with Gasteiger partial charge in [-0.25, -0.2) is 4.21 Å². The first-order chi connectivity index (χ1) is 11.5. The number of benzene rings is 3. The van der Waals surface area contributed by atoms with Crippen molar-refractivity contribution in [2.75, 3.05) is 0 Å². The van der Waals surface area contributed by atoms with Crippen LogP contribution in [0.5, 0.6) is 0 Å². The molecule has 24 heavy (non-hydrogen) atoms. The van der Waals surface area contributed by atoms with Gasteiger partial charge in [0.25, 0.3) is 0 Å². The molecule has 3 heteroatoms. The van der Waals surface area contributed by atoms with E-state index >= 15 is 0 Å². The van der Waals surface area contributed by atoms with Crippen molar-refractivity contribution in [3.8, 4) is 0 Å². The van der Waals surface area contributed by atoms with Crippen molar-refractivity contribution >= 4 is 22.6 Å². The van der Waals surface area contributed by atoms with Crippen molar-refractivity contribution in [3.63, 3.8) is 0 Å². The van der Waals surface area contributed by atoms with Crippen LogP contribution in [0.25, 0.3) is 0 Å². The third-order valence-electron chi connectivity index (χ3n) is 3.75. The van der Waals surface area contributed by atoms with Gasteiger partial charge in [-0.2, -0.15) is 0 Å². The molecule has 1 atom stereocenters. The van der Waals surface area contributed by atoms with Crippen LogP contribution in [0, 0.1) is 20.8 Å². The molecule has 0 aliphatic carbocycles. The molecule has 3 aromatic rings. The average molecular weight is 353 g/mol. The first-order valence-corrected chi connectivity index (χ1v) is 9.83. The zero-order valence-corrected chi connectivity index (χ0v) is 15.7. The lowest BCUT2D eigenvalue weighted by atomic mass is 10.2. The maximum absolute atomic E-state index is 13.1. The number of hydrogen-bond acceptors (Lipinski definition) is 2. The summed E-state index contributed by atoms with van der Waals surface area (Å²) in [6.07, 6.45) is 0. The second kappa shape index (κ2) is 7.37. The van der Waals surface area contributed by atoms with Gasteiger partial charge in [0.1, 0.15) is 0 Å². The topological polar surface area (TPSA) is 17.1 Å². The summed E-state index contributed by atoms with van der Waals surface area (Å²) < 4.78 is 13.1. The predicted molar refractivity (Wildman–Crippen MR) is 102 cm³/mol. The van der Waals surface area contributed by atoms with Crippen LogP contribution in [-0.4, -0.2) is 4.21 Å². The summed E-state index contributed by atoms with van der Waals surface area (Å²) in [5.74, 6) is 0. The van der Waals surface area contributed by atoms with Crippen LogP contribution >= 0.6 is 11.8 Å². The van der Waals surface area contributed by atoms with E-state index in [1.165, 1.54) is 16.0 Å². The summed E-state index contributed by atoms with van der Waals surface area (Å²) in [6, 6.07) is 22.5. The zero-order chi connectivity index (χ0) is 17.1. The van der Waals surface area contributed by atoms with E-state index in [4.69, 9.17) is 0 Å². The molecule has 0 radical (unpaired) electrons. The van der Waals surface area contributed by atoms with E-state index < -0.39 is 10.8 Å². The number of hydrogen-bond donors (Lipinski definition) is 0. The van der Waals surface area contributed by atoms with Gasteiger partial charge >= 0.3 is 0 Å². The molecule has 0 spiro atoms. The summed E-state index contributed by atoms with van der Waals surface area (Å²) >= 11 is 1.67. The second-order valence-corrected chi connectivity index (χ2v) is 8.51. The Morgan fingerprint density at radius 2 is 1.42 bits per heavy atom. The Hall–Kier alpha value is -1.84. The third kappa shape index (κ3) is 3.97. The van der Waals surface area contributed by atoms with E-state index in [1.54, 1.807) is 11.8 Å². The molecule has 0 bridgehead atoms. The van der Waals surface area contributed by atoms with Gasteiger partial charge < -0.3 is 0 Å². The molecule has 3 rings (SSSR count). The molecule has 122 valence electrons. The van der Waals surface area contributed by atoms with Gasteiger partial charge in [-0.05, 0) is 62.7 Å². The lowest BCUT2D eigenvalue weighted by Crippen LogP contribution is -1.96. The molecule has 0 heterocycles. The molecule has 0 fully saturated rings. The van der Waals surface area contributed by atoms with Crippen LogP contribution < -0.4 is 0 Å². The molecule has 0 aromatic heterocycles. The fourth-order valence-electron chi connectivity index (χ4n) is 2.44. The fraction of sp³-hybridized carbons (Fsp3) is 0.143. The van der Waals surface area contributed by atoms with Crippen molar-refractivity contribution in [2.45, 2.75) is 40.4 Å². The molecular formula is C21H20OS2. The highest BCUT2D eigenvalue weighted by Gasteiger charge is 2.14. The lowest BCUT2D eigenvalue weighted by molar-refractivity contribution is 0.681. The summed E-state index contributed by atoms with van der Waals surface area (Å²) in [6.45, 7) is 6.17. The van der Waals surface area contributed by atoms with Crippen LogP contribution in [0.3, 0.4) is 0 Å². The smallest absolute Gasteiger partial charge is 0.0861 e. The monoisotopic (exact) mass is 352 g/mol. The van der Waals surface area contributed by atoms with Crippen molar-refractivity contribution in [2.24, 2.45) is 0 Å². The summed E-state index contributed by atoms with van der Waals surface area (Å²) in [7, 11) is -1.18. The Morgan fingerprint density at radius 3 is 2.12 bits per heavy atom. The van der Waals surface area contributed by atoms with E-state index in [-0.39, 0.29) is 0 Å². The Labute approximate surface area is 150 Å². The largest absolute Gasteiger partial charge is 0.249 e. The maximum atomic E-state index is 13.1. The predicted octanol–water partition coefficient (Wildman–Crippen LogP) is 5.93. The molecule has 0 saturated carbocycles. The minimum absolute atomic E-state index is 0.845. The molecular weight excluding hydrogens is 332 g/mol. The Kier molecular flexibility index (Phi) is 5.22. The Bertz CT molecular complexity index is 883. The van der Waals surface area contributed by atoms with Gasteiger partial charge in [-0.1, -0.05) is 53.2 Å². The van der Waals surface area contributed by atoms with E-state index in [0.29, 0.717) is 0 Å². The zero-order valence-electron chi connectivity index (χ0n) is 14.1. The van der Waals surface area contributed by atoms with Gasteiger partial charge in [-0.3, -0.25) is 0 Å². The highest BCUT2D eigenvalue weighted by molar-refractivity contribution is 8.00. The minimum atomic E-state index is -1.18. The molecule has 1 unspecified atom stereocenters. The number of rotatable bonds is 4. The van der Waals surface area contributed by atoms with Crippen LogP contribution in [0.2, 0.25) is 0 Å². The van der Waals surface area contributed by atoms with Crippen LogP contribution in [-0.2, 0) is 10.8 Å². The number of aryl methyl sites for hydroxylation is 3. The molecule has 0 saturated heterocycles. The van der Waals surface area contributed by atoms with E-state index in [9.17, 15) is 4.21 Å². The summed E-state index contributed by atoms with van der Waals surface area (Å²) in [4.78, 5) is 3.94. The van der Waals surface area contributed by atoms with Gasteiger partial charge in [0.2, 0.25) is 0 Å². The fourth-order valence-corrected chi connectivity index (χ4v) is 4.91. The van der Waals surface area contributed by atoms with Gasteiger partial charge in [0.05, 0.1) is 15.7 Å². The molecule has 0 aliphatic heterocycles. The molecule has 0 amide bonds. The second-order valence-electron chi connectivity index (χ2n) is 5.95. The van der Waals surface area contributed by atoms with Crippen molar-refractivity contribution in [1.29, 1.82) is 0 Å². The molecule has 3 aromatic carbocycles. The third-order valence-corrected chi connectivity index (χ3v) is 6.38.